The van der Waals surface area contributed by atoms with Crippen LogP contribution in [0.2, 0.25) is 0 Å². The zero-order valence-corrected chi connectivity index (χ0v) is 12.9. The van der Waals surface area contributed by atoms with Gasteiger partial charge in [-0.25, -0.2) is 4.39 Å². The molecular weight excluding hydrogens is 267 g/mol. The first-order chi connectivity index (χ1) is 10.0. The predicted octanol–water partition coefficient (Wildman–Crippen LogP) is 2.79. The minimum atomic E-state index is -0.219. The van der Waals surface area contributed by atoms with Crippen molar-refractivity contribution in [2.24, 2.45) is 0 Å². The minimum absolute atomic E-state index is 0.0767. The summed E-state index contributed by atoms with van der Waals surface area (Å²) in [5.41, 5.74) is 1.07. The number of carbonyl (C=O) groups is 1. The summed E-state index contributed by atoms with van der Waals surface area (Å²) >= 11 is 0. The van der Waals surface area contributed by atoms with E-state index in [1.165, 1.54) is 25.0 Å². The van der Waals surface area contributed by atoms with E-state index in [0.717, 1.165) is 24.8 Å². The fourth-order valence-corrected chi connectivity index (χ4v) is 2.93. The molecule has 1 aromatic rings. The Morgan fingerprint density at radius 1 is 1.24 bits per heavy atom. The van der Waals surface area contributed by atoms with Gasteiger partial charge in [0.15, 0.2) is 0 Å². The van der Waals surface area contributed by atoms with Gasteiger partial charge in [0, 0.05) is 12.1 Å². The van der Waals surface area contributed by atoms with Crippen molar-refractivity contribution in [1.29, 1.82) is 0 Å². The van der Waals surface area contributed by atoms with Crippen LogP contribution in [0.15, 0.2) is 24.3 Å². The molecule has 21 heavy (non-hydrogen) atoms. The number of amides is 1. The van der Waals surface area contributed by atoms with Crippen LogP contribution in [0, 0.1) is 5.82 Å². The predicted molar refractivity (Wildman–Crippen MR) is 82.6 cm³/mol. The van der Waals surface area contributed by atoms with Crippen molar-refractivity contribution < 1.29 is 9.18 Å². The summed E-state index contributed by atoms with van der Waals surface area (Å²) in [6, 6.07) is 6.83. The standard InChI is InChI=1S/C17H25FN2O/c1-12(11-14-7-9-15(18)10-8-14)19-13(2)17(21)20-16-5-3-4-6-16/h7-10,12-13,16,19H,3-6,11H2,1-2H3,(H,20,21). The maximum atomic E-state index is 12.9. The number of benzene rings is 1. The summed E-state index contributed by atoms with van der Waals surface area (Å²) < 4.78 is 12.9. The molecule has 0 bridgehead atoms. The van der Waals surface area contributed by atoms with E-state index >= 15 is 0 Å². The van der Waals surface area contributed by atoms with Crippen molar-refractivity contribution in [2.45, 2.75) is 64.1 Å². The summed E-state index contributed by atoms with van der Waals surface area (Å²) in [5, 5.41) is 6.42. The van der Waals surface area contributed by atoms with Crippen LogP contribution in [0.3, 0.4) is 0 Å². The lowest BCUT2D eigenvalue weighted by Gasteiger charge is -2.21. The van der Waals surface area contributed by atoms with Gasteiger partial charge in [-0.15, -0.1) is 0 Å². The highest BCUT2D eigenvalue weighted by Crippen LogP contribution is 2.17. The Balaban J connectivity index is 1.76. The first-order valence-corrected chi connectivity index (χ1v) is 7.85. The maximum Gasteiger partial charge on any atom is 0.237 e. The van der Waals surface area contributed by atoms with Gasteiger partial charge in [-0.05, 0) is 50.8 Å². The molecule has 1 aromatic carbocycles. The summed E-state index contributed by atoms with van der Waals surface area (Å²) in [5.74, 6) is -0.142. The maximum absolute atomic E-state index is 12.9. The smallest absolute Gasteiger partial charge is 0.237 e. The first-order valence-electron chi connectivity index (χ1n) is 7.85. The van der Waals surface area contributed by atoms with Gasteiger partial charge in [-0.2, -0.15) is 0 Å². The van der Waals surface area contributed by atoms with Crippen molar-refractivity contribution in [3.63, 3.8) is 0 Å². The van der Waals surface area contributed by atoms with Gasteiger partial charge in [0.05, 0.1) is 6.04 Å². The Morgan fingerprint density at radius 3 is 2.48 bits per heavy atom. The van der Waals surface area contributed by atoms with E-state index in [9.17, 15) is 9.18 Å². The lowest BCUT2D eigenvalue weighted by atomic mass is 10.1. The van der Waals surface area contributed by atoms with E-state index < -0.39 is 0 Å². The fourth-order valence-electron chi connectivity index (χ4n) is 2.93. The molecule has 4 heteroatoms. The topological polar surface area (TPSA) is 41.1 Å². The molecule has 2 unspecified atom stereocenters. The molecule has 1 amide bonds. The number of halogens is 1. The van der Waals surface area contributed by atoms with E-state index in [4.69, 9.17) is 0 Å². The van der Waals surface area contributed by atoms with Crippen molar-refractivity contribution in [1.82, 2.24) is 10.6 Å². The van der Waals surface area contributed by atoms with Crippen LogP contribution >= 0.6 is 0 Å². The lowest BCUT2D eigenvalue weighted by Crippen LogP contribution is -2.48. The number of carbonyl (C=O) groups excluding carboxylic acids is 1. The van der Waals surface area contributed by atoms with Gasteiger partial charge in [-0.1, -0.05) is 25.0 Å². The molecule has 0 heterocycles. The van der Waals surface area contributed by atoms with Gasteiger partial charge in [0.25, 0.3) is 0 Å². The molecule has 1 fully saturated rings. The summed E-state index contributed by atoms with van der Waals surface area (Å²) in [4.78, 5) is 12.1. The third kappa shape index (κ3) is 5.12. The third-order valence-electron chi connectivity index (χ3n) is 4.08. The highest BCUT2D eigenvalue weighted by Gasteiger charge is 2.21. The average molecular weight is 292 g/mol. The number of rotatable bonds is 6. The van der Waals surface area contributed by atoms with Crippen molar-refractivity contribution in [3.05, 3.63) is 35.6 Å². The molecule has 2 atom stereocenters. The largest absolute Gasteiger partial charge is 0.352 e. The first kappa shape index (κ1) is 16.0. The average Bonchev–Trinajstić information content (AvgIpc) is 2.94. The molecule has 2 N–H and O–H groups in total. The molecule has 0 aliphatic heterocycles. The van der Waals surface area contributed by atoms with Crippen molar-refractivity contribution >= 4 is 5.91 Å². The Bertz CT molecular complexity index is 454. The van der Waals surface area contributed by atoms with Crippen molar-refractivity contribution in [2.75, 3.05) is 0 Å². The van der Waals surface area contributed by atoms with Gasteiger partial charge in [0.1, 0.15) is 5.82 Å². The summed E-state index contributed by atoms with van der Waals surface area (Å²) in [6.45, 7) is 3.94. The molecule has 0 aromatic heterocycles. The summed E-state index contributed by atoms with van der Waals surface area (Å²) in [7, 11) is 0. The second-order valence-corrected chi connectivity index (χ2v) is 6.11. The number of nitrogens with one attached hydrogen (secondary N) is 2. The zero-order valence-electron chi connectivity index (χ0n) is 12.9. The molecule has 0 spiro atoms. The van der Waals surface area contributed by atoms with E-state index in [1.54, 1.807) is 12.1 Å². The molecule has 0 radical (unpaired) electrons. The van der Waals surface area contributed by atoms with Crippen molar-refractivity contribution in [3.8, 4) is 0 Å². The number of hydrogen-bond acceptors (Lipinski definition) is 2. The van der Waals surface area contributed by atoms with Gasteiger partial charge in [-0.3, -0.25) is 4.79 Å². The Hall–Kier alpha value is -1.42. The second kappa shape index (κ2) is 7.55. The van der Waals surface area contributed by atoms with E-state index in [1.807, 2.05) is 13.8 Å². The molecule has 1 aliphatic rings. The second-order valence-electron chi connectivity index (χ2n) is 6.11. The van der Waals surface area contributed by atoms with Crippen LogP contribution in [-0.2, 0) is 11.2 Å². The van der Waals surface area contributed by atoms with Crippen LogP contribution in [0.1, 0.15) is 45.1 Å². The van der Waals surface area contributed by atoms with Crippen LogP contribution < -0.4 is 10.6 Å². The lowest BCUT2D eigenvalue weighted by molar-refractivity contribution is -0.123. The Kier molecular flexibility index (Phi) is 5.74. The molecule has 1 aliphatic carbocycles. The molecular formula is C17H25FN2O. The Labute approximate surface area is 126 Å². The molecule has 3 nitrogen and oxygen atoms in total. The highest BCUT2D eigenvalue weighted by atomic mass is 19.1. The van der Waals surface area contributed by atoms with E-state index in [-0.39, 0.29) is 23.8 Å². The normalized spacial score (nSPS) is 18.4. The van der Waals surface area contributed by atoms with Crippen LogP contribution in [0.5, 0.6) is 0 Å². The molecule has 1 saturated carbocycles. The monoisotopic (exact) mass is 292 g/mol. The number of hydrogen-bond donors (Lipinski definition) is 2. The minimum Gasteiger partial charge on any atom is -0.352 e. The Morgan fingerprint density at radius 2 is 1.86 bits per heavy atom. The summed E-state index contributed by atoms with van der Waals surface area (Å²) in [6.07, 6.45) is 5.41. The van der Waals surface area contributed by atoms with E-state index in [2.05, 4.69) is 10.6 Å². The zero-order chi connectivity index (χ0) is 15.2. The van der Waals surface area contributed by atoms with Gasteiger partial charge in [0.2, 0.25) is 5.91 Å². The van der Waals surface area contributed by atoms with Crippen LogP contribution in [-0.4, -0.2) is 24.0 Å². The van der Waals surface area contributed by atoms with Crippen LogP contribution in [0.4, 0.5) is 4.39 Å². The highest BCUT2D eigenvalue weighted by molar-refractivity contribution is 5.81. The molecule has 116 valence electrons. The van der Waals surface area contributed by atoms with Gasteiger partial charge < -0.3 is 10.6 Å². The molecule has 0 saturated heterocycles. The van der Waals surface area contributed by atoms with Gasteiger partial charge >= 0.3 is 0 Å². The van der Waals surface area contributed by atoms with Crippen LogP contribution in [0.25, 0.3) is 0 Å². The third-order valence-corrected chi connectivity index (χ3v) is 4.08. The quantitative estimate of drug-likeness (QED) is 0.846. The van der Waals surface area contributed by atoms with E-state index in [0.29, 0.717) is 6.04 Å². The molecule has 2 rings (SSSR count). The fraction of sp³-hybridized carbons (Fsp3) is 0.588. The SMILES string of the molecule is CC(Cc1ccc(F)cc1)NC(C)C(=O)NC1CCCC1.